The van der Waals surface area contributed by atoms with Gasteiger partial charge in [0, 0.05) is 38.4 Å². The number of nitrogens with zero attached hydrogens (tertiary/aromatic N) is 3. The normalized spacial score (nSPS) is 13.8. The largest absolute Gasteiger partial charge is 0.493 e. The number of hydrogen-bond acceptors (Lipinski definition) is 6. The summed E-state index contributed by atoms with van der Waals surface area (Å²) in [4.78, 5) is 16.7. The van der Waals surface area contributed by atoms with Crippen LogP contribution in [0.2, 0.25) is 0 Å². The SMILES string of the molecule is COc1ccccc1Oc1ccc(NC(=O)N(CCC#N)CCN2CCOCC2)cc1. The Morgan fingerprint density at radius 2 is 1.84 bits per heavy atom. The first-order valence-corrected chi connectivity index (χ1v) is 10.3. The minimum Gasteiger partial charge on any atom is -0.493 e. The van der Waals surface area contributed by atoms with Crippen LogP contribution in [0.1, 0.15) is 6.42 Å². The van der Waals surface area contributed by atoms with Crippen molar-refractivity contribution >= 4 is 11.7 Å². The molecular formula is C23H28N4O4. The lowest BCUT2D eigenvalue weighted by molar-refractivity contribution is 0.0352. The summed E-state index contributed by atoms with van der Waals surface area (Å²) >= 11 is 0. The molecule has 2 aromatic rings. The minimum absolute atomic E-state index is 0.220. The van der Waals surface area contributed by atoms with Crippen molar-refractivity contribution in [1.29, 1.82) is 5.26 Å². The highest BCUT2D eigenvalue weighted by atomic mass is 16.5. The molecule has 1 aliphatic heterocycles. The van der Waals surface area contributed by atoms with Gasteiger partial charge in [-0.3, -0.25) is 4.90 Å². The average Bonchev–Trinajstić information content (AvgIpc) is 2.81. The fourth-order valence-corrected chi connectivity index (χ4v) is 3.23. The van der Waals surface area contributed by atoms with E-state index < -0.39 is 0 Å². The van der Waals surface area contributed by atoms with Crippen LogP contribution in [0.25, 0.3) is 0 Å². The summed E-state index contributed by atoms with van der Waals surface area (Å²) in [6.07, 6.45) is 0.294. The van der Waals surface area contributed by atoms with E-state index in [0.717, 1.165) is 19.6 Å². The quantitative estimate of drug-likeness (QED) is 0.662. The van der Waals surface area contributed by atoms with Crippen molar-refractivity contribution in [3.05, 3.63) is 48.5 Å². The molecule has 1 saturated heterocycles. The molecule has 31 heavy (non-hydrogen) atoms. The van der Waals surface area contributed by atoms with Crippen LogP contribution in [0.4, 0.5) is 10.5 Å². The van der Waals surface area contributed by atoms with Crippen molar-refractivity contribution in [3.8, 4) is 23.3 Å². The van der Waals surface area contributed by atoms with Crippen molar-refractivity contribution in [2.75, 3.05) is 58.4 Å². The molecule has 0 aromatic heterocycles. The lowest BCUT2D eigenvalue weighted by Crippen LogP contribution is -2.44. The molecule has 8 heteroatoms. The third-order valence-corrected chi connectivity index (χ3v) is 4.97. The number of rotatable bonds is 9. The number of ether oxygens (including phenoxy) is 3. The highest BCUT2D eigenvalue weighted by molar-refractivity contribution is 5.89. The number of urea groups is 1. The summed E-state index contributed by atoms with van der Waals surface area (Å²) in [6.45, 7) is 4.86. The summed E-state index contributed by atoms with van der Waals surface area (Å²) in [5.41, 5.74) is 0.658. The number of anilines is 1. The first-order chi connectivity index (χ1) is 15.2. The van der Waals surface area contributed by atoms with E-state index >= 15 is 0 Å². The first kappa shape index (κ1) is 22.4. The Morgan fingerprint density at radius 3 is 2.52 bits per heavy atom. The molecular weight excluding hydrogens is 396 g/mol. The zero-order chi connectivity index (χ0) is 21.9. The zero-order valence-electron chi connectivity index (χ0n) is 17.8. The summed E-state index contributed by atoms with van der Waals surface area (Å²) in [5, 5.41) is 11.8. The van der Waals surface area contributed by atoms with Gasteiger partial charge in [0.05, 0.1) is 32.8 Å². The first-order valence-electron chi connectivity index (χ1n) is 10.3. The molecule has 1 N–H and O–H groups in total. The maximum Gasteiger partial charge on any atom is 0.321 e. The Hall–Kier alpha value is -3.28. The third kappa shape index (κ3) is 6.88. The number of benzene rings is 2. The molecule has 0 bridgehead atoms. The fourth-order valence-electron chi connectivity index (χ4n) is 3.23. The van der Waals surface area contributed by atoms with Gasteiger partial charge in [-0.15, -0.1) is 0 Å². The van der Waals surface area contributed by atoms with Gasteiger partial charge in [-0.25, -0.2) is 4.79 Å². The van der Waals surface area contributed by atoms with Crippen LogP contribution in [0.5, 0.6) is 17.2 Å². The van der Waals surface area contributed by atoms with E-state index in [1.54, 1.807) is 36.3 Å². The number of carbonyl (C=O) groups excluding carboxylic acids is 1. The lowest BCUT2D eigenvalue weighted by Gasteiger charge is -2.30. The van der Waals surface area contributed by atoms with Crippen LogP contribution in [0, 0.1) is 11.3 Å². The van der Waals surface area contributed by atoms with Gasteiger partial charge in [-0.1, -0.05) is 12.1 Å². The molecule has 164 valence electrons. The highest BCUT2D eigenvalue weighted by Gasteiger charge is 2.17. The molecule has 1 fully saturated rings. The summed E-state index contributed by atoms with van der Waals surface area (Å²) in [6, 6.07) is 16.4. The number of morpholine rings is 1. The van der Waals surface area contributed by atoms with E-state index in [1.807, 2.05) is 24.3 Å². The van der Waals surface area contributed by atoms with E-state index in [9.17, 15) is 4.79 Å². The van der Waals surface area contributed by atoms with Crippen molar-refractivity contribution in [2.24, 2.45) is 0 Å². The zero-order valence-corrected chi connectivity index (χ0v) is 17.8. The minimum atomic E-state index is -0.220. The van der Waals surface area contributed by atoms with Crippen molar-refractivity contribution < 1.29 is 19.0 Å². The van der Waals surface area contributed by atoms with Gasteiger partial charge in [0.25, 0.3) is 0 Å². The Labute approximate surface area is 182 Å². The number of nitrogens with one attached hydrogen (secondary N) is 1. The van der Waals surface area contributed by atoms with Gasteiger partial charge in [-0.05, 0) is 36.4 Å². The van der Waals surface area contributed by atoms with E-state index in [-0.39, 0.29) is 6.03 Å². The standard InChI is InChI=1S/C23H28N4O4/c1-29-21-5-2-3-6-22(21)31-20-9-7-19(8-10-20)25-23(28)27(12-4-11-24)14-13-26-15-17-30-18-16-26/h2-3,5-10H,4,12-18H2,1H3,(H,25,28). The number of amides is 2. The molecule has 0 radical (unpaired) electrons. The number of para-hydroxylation sites is 2. The predicted octanol–water partition coefficient (Wildman–Crippen LogP) is 3.57. The Morgan fingerprint density at radius 1 is 1.13 bits per heavy atom. The fraction of sp³-hybridized carbons (Fsp3) is 0.391. The third-order valence-electron chi connectivity index (χ3n) is 4.97. The van der Waals surface area contributed by atoms with Gasteiger partial charge in [0.2, 0.25) is 0 Å². The van der Waals surface area contributed by atoms with Crippen LogP contribution >= 0.6 is 0 Å². The van der Waals surface area contributed by atoms with Gasteiger partial charge >= 0.3 is 6.03 Å². The molecule has 0 atom stereocenters. The Balaban J connectivity index is 1.56. The predicted molar refractivity (Wildman–Crippen MR) is 118 cm³/mol. The lowest BCUT2D eigenvalue weighted by atomic mass is 10.3. The monoisotopic (exact) mass is 424 g/mol. The number of hydrogen-bond donors (Lipinski definition) is 1. The molecule has 0 unspecified atom stereocenters. The summed E-state index contributed by atoms with van der Waals surface area (Å²) < 4.78 is 16.5. The molecule has 0 saturated carbocycles. The topological polar surface area (TPSA) is 87.1 Å². The molecule has 1 heterocycles. The van der Waals surface area contributed by atoms with E-state index in [4.69, 9.17) is 19.5 Å². The van der Waals surface area contributed by atoms with Crippen LogP contribution in [-0.4, -0.2) is 68.9 Å². The van der Waals surface area contributed by atoms with E-state index in [2.05, 4.69) is 16.3 Å². The smallest absolute Gasteiger partial charge is 0.321 e. The van der Waals surface area contributed by atoms with Gasteiger partial charge in [-0.2, -0.15) is 5.26 Å². The summed E-state index contributed by atoms with van der Waals surface area (Å²) in [7, 11) is 1.60. The van der Waals surface area contributed by atoms with Crippen LogP contribution in [-0.2, 0) is 4.74 Å². The molecule has 1 aliphatic rings. The average molecular weight is 425 g/mol. The molecule has 8 nitrogen and oxygen atoms in total. The van der Waals surface area contributed by atoms with E-state index in [1.165, 1.54) is 0 Å². The summed E-state index contributed by atoms with van der Waals surface area (Å²) in [5.74, 6) is 1.90. The van der Waals surface area contributed by atoms with Crippen molar-refractivity contribution in [3.63, 3.8) is 0 Å². The van der Waals surface area contributed by atoms with Crippen LogP contribution in [0.15, 0.2) is 48.5 Å². The highest BCUT2D eigenvalue weighted by Crippen LogP contribution is 2.31. The second-order valence-electron chi connectivity index (χ2n) is 7.06. The second kappa shape index (κ2) is 11.8. The van der Waals surface area contributed by atoms with Crippen LogP contribution < -0.4 is 14.8 Å². The number of methoxy groups -OCH3 is 1. The van der Waals surface area contributed by atoms with Gasteiger partial charge in [0.15, 0.2) is 11.5 Å². The number of carbonyl (C=O) groups is 1. The molecule has 3 rings (SSSR count). The Kier molecular flexibility index (Phi) is 8.52. The maximum atomic E-state index is 12.8. The molecule has 0 spiro atoms. The Bertz CT molecular complexity index is 876. The van der Waals surface area contributed by atoms with Gasteiger partial charge < -0.3 is 24.4 Å². The second-order valence-corrected chi connectivity index (χ2v) is 7.06. The van der Waals surface area contributed by atoms with Crippen molar-refractivity contribution in [2.45, 2.75) is 6.42 Å². The molecule has 2 amide bonds. The van der Waals surface area contributed by atoms with Crippen LogP contribution in [0.3, 0.4) is 0 Å². The van der Waals surface area contributed by atoms with Gasteiger partial charge in [0.1, 0.15) is 5.75 Å². The van der Waals surface area contributed by atoms with Crippen molar-refractivity contribution in [1.82, 2.24) is 9.80 Å². The van der Waals surface area contributed by atoms with E-state index in [0.29, 0.717) is 55.7 Å². The number of nitriles is 1. The maximum absolute atomic E-state index is 12.8. The molecule has 0 aliphatic carbocycles. The molecule has 2 aromatic carbocycles.